The number of tetrazole rings is 1. The average molecular weight is 281 g/mol. The van der Waals surface area contributed by atoms with E-state index in [0.29, 0.717) is 0 Å². The Hall–Kier alpha value is -1.95. The third-order valence-corrected chi connectivity index (χ3v) is 1.63. The second-order valence-electron chi connectivity index (χ2n) is 2.89. The lowest BCUT2D eigenvalue weighted by molar-refractivity contribution is -0.340. The molecule has 0 saturated heterocycles. The Morgan fingerprint density at radius 3 is 1.94 bits per heavy atom. The fourth-order valence-corrected chi connectivity index (χ4v) is 0.749. The molecule has 0 aliphatic carbocycles. The molecule has 6 nitrogen and oxygen atoms in total. The summed E-state index contributed by atoms with van der Waals surface area (Å²) in [6.45, 7) is 0. The van der Waals surface area contributed by atoms with Crippen LogP contribution in [-0.4, -0.2) is 44.1 Å². The molecule has 2 N–H and O–H groups in total. The van der Waals surface area contributed by atoms with Gasteiger partial charge in [0.1, 0.15) is 0 Å². The van der Waals surface area contributed by atoms with Gasteiger partial charge in [0.2, 0.25) is 0 Å². The summed E-state index contributed by atoms with van der Waals surface area (Å²) in [5.41, 5.74) is 4.74. The lowest BCUT2D eigenvalue weighted by Crippen LogP contribution is -2.57. The third-order valence-electron chi connectivity index (χ3n) is 1.63. The quantitative estimate of drug-likeness (QED) is 0.807. The molecule has 0 amide bonds. The first-order chi connectivity index (χ1) is 7.91. The maximum Gasteiger partial charge on any atom is 0.460 e. The lowest BCUT2D eigenvalue weighted by atomic mass is 10.1. The van der Waals surface area contributed by atoms with Crippen LogP contribution in [0.3, 0.4) is 0 Å². The van der Waals surface area contributed by atoms with Gasteiger partial charge in [-0.05, 0) is 5.21 Å². The van der Waals surface area contributed by atoms with Crippen molar-refractivity contribution in [1.29, 1.82) is 0 Å². The first-order valence-electron chi connectivity index (χ1n) is 3.84. The highest BCUT2D eigenvalue weighted by atomic mass is 19.4. The molecule has 1 heterocycles. The number of carbonyl (C=O) groups is 1. The zero-order valence-corrected chi connectivity index (χ0v) is 7.92. The van der Waals surface area contributed by atoms with E-state index in [1.807, 2.05) is 0 Å². The van der Waals surface area contributed by atoms with E-state index in [1.54, 1.807) is 0 Å². The number of alkyl halides is 7. The van der Waals surface area contributed by atoms with Gasteiger partial charge in [0.15, 0.2) is 0 Å². The molecule has 0 saturated carbocycles. The Morgan fingerprint density at radius 1 is 1.11 bits per heavy atom. The van der Waals surface area contributed by atoms with Crippen molar-refractivity contribution in [3.63, 3.8) is 0 Å². The second-order valence-corrected chi connectivity index (χ2v) is 2.89. The van der Waals surface area contributed by atoms with Crippen molar-refractivity contribution in [3.8, 4) is 0 Å². The second kappa shape index (κ2) is 3.78. The summed E-state index contributed by atoms with van der Waals surface area (Å²) >= 11 is 0. The van der Waals surface area contributed by atoms with Crippen molar-refractivity contribution in [2.45, 2.75) is 18.0 Å². The van der Waals surface area contributed by atoms with Crippen LogP contribution in [0.5, 0.6) is 0 Å². The Bertz CT molecular complexity index is 465. The largest absolute Gasteiger partial charge is 0.460 e. The molecule has 102 valence electrons. The lowest BCUT2D eigenvalue weighted by Gasteiger charge is -2.25. The number of rotatable bonds is 2. The van der Waals surface area contributed by atoms with Crippen LogP contribution in [0.15, 0.2) is 0 Å². The average Bonchev–Trinajstić information content (AvgIpc) is 2.61. The molecular weight excluding hydrogens is 279 g/mol. The zero-order chi connectivity index (χ0) is 14.4. The molecule has 1 aromatic heterocycles. The number of hydrogen-bond donors (Lipinski definition) is 1. The van der Waals surface area contributed by atoms with Gasteiger partial charge < -0.3 is 5.73 Å². The summed E-state index contributed by atoms with van der Waals surface area (Å²) in [6.07, 6.45) is -6.63. The standard InChI is InChI=1S/C5H2F7N5O/c6-3(7,4(8,9)5(10,11)12)1(18)17-15-2(13)14-16-17/h(H2,13,15). The summed E-state index contributed by atoms with van der Waals surface area (Å²) in [5, 5.41) is 7.79. The van der Waals surface area contributed by atoms with Crippen LogP contribution in [-0.2, 0) is 0 Å². The van der Waals surface area contributed by atoms with Crippen molar-refractivity contribution < 1.29 is 35.5 Å². The predicted molar refractivity (Wildman–Crippen MR) is 38.8 cm³/mol. The Morgan fingerprint density at radius 2 is 1.61 bits per heavy atom. The van der Waals surface area contributed by atoms with Crippen LogP contribution >= 0.6 is 0 Å². The van der Waals surface area contributed by atoms with Crippen LogP contribution in [0.1, 0.15) is 4.79 Å². The van der Waals surface area contributed by atoms with Crippen molar-refractivity contribution in [2.24, 2.45) is 0 Å². The van der Waals surface area contributed by atoms with Crippen LogP contribution in [0.2, 0.25) is 0 Å². The molecule has 0 aliphatic rings. The topological polar surface area (TPSA) is 86.7 Å². The van der Waals surface area contributed by atoms with E-state index >= 15 is 0 Å². The molecule has 0 bridgehead atoms. The summed E-state index contributed by atoms with van der Waals surface area (Å²) in [6, 6.07) is 0. The third kappa shape index (κ3) is 1.95. The van der Waals surface area contributed by atoms with Crippen LogP contribution in [0.25, 0.3) is 0 Å². The molecule has 1 rings (SSSR count). The maximum atomic E-state index is 12.8. The zero-order valence-electron chi connectivity index (χ0n) is 7.92. The molecule has 0 atom stereocenters. The number of nitrogens with two attached hydrogens (primary N) is 1. The van der Waals surface area contributed by atoms with Gasteiger partial charge in [0, 0.05) is 0 Å². The summed E-state index contributed by atoms with van der Waals surface area (Å²) in [4.78, 5) is 10.0. The van der Waals surface area contributed by atoms with Gasteiger partial charge in [0.05, 0.1) is 0 Å². The minimum atomic E-state index is -6.63. The molecular formula is C5H2F7N5O. The molecule has 0 aliphatic heterocycles. The molecule has 1 aromatic rings. The smallest absolute Gasteiger partial charge is 0.365 e. The van der Waals surface area contributed by atoms with Crippen LogP contribution in [0, 0.1) is 0 Å². The molecule has 0 aromatic carbocycles. The summed E-state index contributed by atoms with van der Waals surface area (Å²) < 4.78 is 85.7. The van der Waals surface area contributed by atoms with E-state index < -0.39 is 34.7 Å². The van der Waals surface area contributed by atoms with Gasteiger partial charge in [-0.1, -0.05) is 9.90 Å². The van der Waals surface area contributed by atoms with Gasteiger partial charge in [-0.15, -0.1) is 5.10 Å². The normalized spacial score (nSPS) is 13.7. The Balaban J connectivity index is 3.18. The minimum Gasteiger partial charge on any atom is -0.365 e. The number of nitrogen functional groups attached to an aromatic ring is 1. The predicted octanol–water partition coefficient (Wildman–Crippen LogP) is 0.728. The number of hydrogen-bond acceptors (Lipinski definition) is 5. The van der Waals surface area contributed by atoms with E-state index in [1.165, 1.54) is 0 Å². The van der Waals surface area contributed by atoms with Gasteiger partial charge in [-0.25, -0.2) is 0 Å². The van der Waals surface area contributed by atoms with E-state index in [9.17, 15) is 35.5 Å². The Kier molecular flexibility index (Phi) is 2.96. The fourth-order valence-electron chi connectivity index (χ4n) is 0.749. The summed E-state index contributed by atoms with van der Waals surface area (Å²) in [7, 11) is 0. The van der Waals surface area contributed by atoms with E-state index in [-0.39, 0.29) is 0 Å². The number of carbonyl (C=O) groups excluding carboxylic acids is 1. The molecule has 0 fully saturated rings. The van der Waals surface area contributed by atoms with Crippen molar-refractivity contribution in [2.75, 3.05) is 5.73 Å². The number of halogens is 7. The van der Waals surface area contributed by atoms with E-state index in [4.69, 9.17) is 5.73 Å². The number of aromatic nitrogens is 4. The van der Waals surface area contributed by atoms with E-state index in [2.05, 4.69) is 15.4 Å². The SMILES string of the molecule is Nc1nnn(C(=O)C(F)(F)C(F)(F)C(F)(F)F)n1. The fraction of sp³-hybridized carbons (Fsp3) is 0.600. The van der Waals surface area contributed by atoms with Gasteiger partial charge in [0.25, 0.3) is 5.95 Å². The molecule has 13 heteroatoms. The first kappa shape index (κ1) is 14.1. The molecule has 18 heavy (non-hydrogen) atoms. The first-order valence-corrected chi connectivity index (χ1v) is 3.84. The maximum absolute atomic E-state index is 12.8. The molecule has 0 radical (unpaired) electrons. The highest BCUT2D eigenvalue weighted by Crippen LogP contribution is 2.46. The van der Waals surface area contributed by atoms with Crippen molar-refractivity contribution >= 4 is 11.9 Å². The summed E-state index contributed by atoms with van der Waals surface area (Å²) in [5.74, 6) is -16.5. The van der Waals surface area contributed by atoms with Gasteiger partial charge in [-0.3, -0.25) is 4.79 Å². The van der Waals surface area contributed by atoms with Crippen LogP contribution < -0.4 is 5.73 Å². The number of anilines is 1. The highest BCUT2D eigenvalue weighted by molar-refractivity contribution is 5.85. The Labute approximate surface area is 92.5 Å². The molecule has 0 spiro atoms. The van der Waals surface area contributed by atoms with E-state index in [0.717, 1.165) is 0 Å². The highest BCUT2D eigenvalue weighted by Gasteiger charge is 2.77. The molecule has 0 unspecified atom stereocenters. The number of nitrogens with zero attached hydrogens (tertiary/aromatic N) is 4. The van der Waals surface area contributed by atoms with Crippen molar-refractivity contribution in [3.05, 3.63) is 0 Å². The monoisotopic (exact) mass is 281 g/mol. The minimum absolute atomic E-state index is 0.741. The van der Waals surface area contributed by atoms with Gasteiger partial charge in [-0.2, -0.15) is 30.7 Å². The van der Waals surface area contributed by atoms with Gasteiger partial charge >= 0.3 is 23.9 Å². The van der Waals surface area contributed by atoms with Crippen LogP contribution in [0.4, 0.5) is 36.7 Å². The van der Waals surface area contributed by atoms with Crippen molar-refractivity contribution in [1.82, 2.24) is 20.2 Å².